The molecule has 0 atom stereocenters. The van der Waals surface area contributed by atoms with Crippen molar-refractivity contribution in [3.8, 4) is 0 Å². The maximum absolute atomic E-state index is 11.1. The SMILES string of the molecule is Cc1cc2c([N+](=O)[O-])cccc2c(N(C)CCO)n1. The van der Waals surface area contributed by atoms with Crippen LogP contribution in [0.2, 0.25) is 0 Å². The Hall–Kier alpha value is -2.21. The molecule has 0 amide bonds. The van der Waals surface area contributed by atoms with E-state index in [1.54, 1.807) is 37.1 Å². The zero-order valence-corrected chi connectivity index (χ0v) is 10.8. The van der Waals surface area contributed by atoms with Gasteiger partial charge in [-0.15, -0.1) is 0 Å². The van der Waals surface area contributed by atoms with E-state index in [2.05, 4.69) is 4.98 Å². The molecule has 0 saturated carbocycles. The quantitative estimate of drug-likeness (QED) is 0.671. The largest absolute Gasteiger partial charge is 0.395 e. The van der Waals surface area contributed by atoms with Crippen LogP contribution in [0.25, 0.3) is 10.8 Å². The lowest BCUT2D eigenvalue weighted by molar-refractivity contribution is -0.383. The van der Waals surface area contributed by atoms with Crippen molar-refractivity contribution in [2.24, 2.45) is 0 Å². The van der Waals surface area contributed by atoms with Gasteiger partial charge >= 0.3 is 0 Å². The van der Waals surface area contributed by atoms with E-state index in [1.807, 2.05) is 0 Å². The molecule has 1 aromatic carbocycles. The number of hydrogen-bond donors (Lipinski definition) is 1. The molecule has 0 aliphatic rings. The van der Waals surface area contributed by atoms with Crippen molar-refractivity contribution in [1.29, 1.82) is 0 Å². The second-order valence-electron chi connectivity index (χ2n) is 4.36. The maximum Gasteiger partial charge on any atom is 0.277 e. The molecule has 0 aliphatic carbocycles. The topological polar surface area (TPSA) is 79.5 Å². The first-order valence-corrected chi connectivity index (χ1v) is 5.91. The number of hydrogen-bond acceptors (Lipinski definition) is 5. The molecule has 0 fully saturated rings. The lowest BCUT2D eigenvalue weighted by Gasteiger charge is -2.19. The van der Waals surface area contributed by atoms with E-state index >= 15 is 0 Å². The number of non-ortho nitro benzene ring substituents is 1. The minimum Gasteiger partial charge on any atom is -0.395 e. The van der Waals surface area contributed by atoms with Gasteiger partial charge < -0.3 is 10.0 Å². The number of aliphatic hydroxyl groups is 1. The summed E-state index contributed by atoms with van der Waals surface area (Å²) in [4.78, 5) is 16.9. The summed E-state index contributed by atoms with van der Waals surface area (Å²) >= 11 is 0. The number of aryl methyl sites for hydroxylation is 1. The zero-order chi connectivity index (χ0) is 14.0. The summed E-state index contributed by atoms with van der Waals surface area (Å²) in [6.45, 7) is 2.23. The first-order valence-electron chi connectivity index (χ1n) is 5.91. The average Bonchev–Trinajstić information content (AvgIpc) is 2.37. The molecule has 6 heteroatoms. The summed E-state index contributed by atoms with van der Waals surface area (Å²) in [6, 6.07) is 6.65. The van der Waals surface area contributed by atoms with Gasteiger partial charge in [0.1, 0.15) is 5.82 Å². The van der Waals surface area contributed by atoms with E-state index in [0.717, 1.165) is 5.39 Å². The fraction of sp³-hybridized carbons (Fsp3) is 0.308. The molecule has 0 bridgehead atoms. The summed E-state index contributed by atoms with van der Waals surface area (Å²) in [5.74, 6) is 0.646. The smallest absolute Gasteiger partial charge is 0.277 e. The second kappa shape index (κ2) is 5.19. The van der Waals surface area contributed by atoms with Crippen molar-refractivity contribution in [3.05, 3.63) is 40.1 Å². The maximum atomic E-state index is 11.1. The first kappa shape index (κ1) is 13.2. The molecule has 19 heavy (non-hydrogen) atoms. The Kier molecular flexibility index (Phi) is 3.62. The Morgan fingerprint density at radius 2 is 2.16 bits per heavy atom. The van der Waals surface area contributed by atoms with Crippen LogP contribution in [-0.2, 0) is 0 Å². The molecule has 1 N–H and O–H groups in total. The van der Waals surface area contributed by atoms with E-state index in [9.17, 15) is 10.1 Å². The highest BCUT2D eigenvalue weighted by atomic mass is 16.6. The number of benzene rings is 1. The van der Waals surface area contributed by atoms with Gasteiger partial charge in [-0.1, -0.05) is 12.1 Å². The van der Waals surface area contributed by atoms with Gasteiger partial charge in [0.2, 0.25) is 0 Å². The molecule has 6 nitrogen and oxygen atoms in total. The summed E-state index contributed by atoms with van der Waals surface area (Å²) < 4.78 is 0. The molecule has 1 aromatic heterocycles. The van der Waals surface area contributed by atoms with E-state index < -0.39 is 4.92 Å². The number of nitro groups is 1. The molecular formula is C13H15N3O3. The second-order valence-corrected chi connectivity index (χ2v) is 4.36. The molecule has 2 aromatic rings. The first-order chi connectivity index (χ1) is 9.04. The Morgan fingerprint density at radius 3 is 2.79 bits per heavy atom. The average molecular weight is 261 g/mol. The highest BCUT2D eigenvalue weighted by molar-refractivity contribution is 5.98. The number of likely N-dealkylation sites (N-methyl/N-ethyl adjacent to an activating group) is 1. The van der Waals surface area contributed by atoms with Gasteiger partial charge in [0.05, 0.1) is 16.9 Å². The van der Waals surface area contributed by atoms with Crippen LogP contribution in [0.15, 0.2) is 24.3 Å². The van der Waals surface area contributed by atoms with Gasteiger partial charge in [-0.2, -0.15) is 0 Å². The van der Waals surface area contributed by atoms with E-state index in [0.29, 0.717) is 23.4 Å². The zero-order valence-electron chi connectivity index (χ0n) is 10.8. The molecule has 100 valence electrons. The number of nitrogens with zero attached hydrogens (tertiary/aromatic N) is 3. The highest BCUT2D eigenvalue weighted by Crippen LogP contribution is 2.31. The van der Waals surface area contributed by atoms with Crippen LogP contribution < -0.4 is 4.90 Å². The summed E-state index contributed by atoms with van der Waals surface area (Å²) in [7, 11) is 1.80. The third kappa shape index (κ3) is 2.48. The molecule has 0 saturated heterocycles. The molecule has 0 radical (unpaired) electrons. The van der Waals surface area contributed by atoms with Crippen molar-refractivity contribution < 1.29 is 10.0 Å². The number of pyridine rings is 1. The third-order valence-electron chi connectivity index (χ3n) is 2.95. The fourth-order valence-electron chi connectivity index (χ4n) is 2.07. The Bertz CT molecular complexity index is 628. The van der Waals surface area contributed by atoms with Crippen molar-refractivity contribution in [2.75, 3.05) is 25.1 Å². The van der Waals surface area contributed by atoms with Crippen molar-refractivity contribution >= 4 is 22.3 Å². The van der Waals surface area contributed by atoms with Crippen molar-refractivity contribution in [3.63, 3.8) is 0 Å². The number of anilines is 1. The Labute approximate surface area is 110 Å². The Morgan fingerprint density at radius 1 is 1.42 bits per heavy atom. The van der Waals surface area contributed by atoms with Gasteiger partial charge in [-0.25, -0.2) is 4.98 Å². The van der Waals surface area contributed by atoms with Gasteiger partial charge in [-0.3, -0.25) is 10.1 Å². The standard InChI is InChI=1S/C13H15N3O3/c1-9-8-11-10(4-3-5-12(11)16(18)19)13(14-9)15(2)6-7-17/h3-5,8,17H,6-7H2,1-2H3. The molecule has 0 aliphatic heterocycles. The summed E-state index contributed by atoms with van der Waals surface area (Å²) in [6.07, 6.45) is 0. The monoisotopic (exact) mass is 261 g/mol. The lowest BCUT2D eigenvalue weighted by Crippen LogP contribution is -2.22. The summed E-state index contributed by atoms with van der Waals surface area (Å²) in [5.41, 5.74) is 0.781. The Balaban J connectivity index is 2.72. The molecule has 0 unspecified atom stereocenters. The molecular weight excluding hydrogens is 246 g/mol. The molecule has 0 spiro atoms. The van der Waals surface area contributed by atoms with E-state index in [-0.39, 0.29) is 12.3 Å². The van der Waals surface area contributed by atoms with Crippen LogP contribution in [-0.4, -0.2) is 35.2 Å². The predicted octanol–water partition coefficient (Wildman–Crippen LogP) is 1.88. The number of fused-ring (bicyclic) bond motifs is 1. The van der Waals surface area contributed by atoms with E-state index in [1.165, 1.54) is 6.07 Å². The fourth-order valence-corrected chi connectivity index (χ4v) is 2.07. The van der Waals surface area contributed by atoms with Crippen molar-refractivity contribution in [2.45, 2.75) is 6.92 Å². The predicted molar refractivity (Wildman–Crippen MR) is 73.5 cm³/mol. The van der Waals surface area contributed by atoms with Crippen LogP contribution >= 0.6 is 0 Å². The van der Waals surface area contributed by atoms with Crippen LogP contribution in [0.1, 0.15) is 5.69 Å². The molecule has 1 heterocycles. The summed E-state index contributed by atoms with van der Waals surface area (Å²) in [5, 5.41) is 21.4. The van der Waals surface area contributed by atoms with Crippen LogP contribution in [0, 0.1) is 17.0 Å². The van der Waals surface area contributed by atoms with Gasteiger partial charge in [-0.05, 0) is 13.0 Å². The number of nitro benzene ring substituents is 1. The minimum absolute atomic E-state index is 0.00252. The third-order valence-corrected chi connectivity index (χ3v) is 2.95. The van der Waals surface area contributed by atoms with Gasteiger partial charge in [0.15, 0.2) is 0 Å². The van der Waals surface area contributed by atoms with Gasteiger partial charge in [0.25, 0.3) is 5.69 Å². The lowest BCUT2D eigenvalue weighted by atomic mass is 10.1. The number of aliphatic hydroxyl groups excluding tert-OH is 1. The highest BCUT2D eigenvalue weighted by Gasteiger charge is 2.16. The normalized spacial score (nSPS) is 10.7. The molecule has 2 rings (SSSR count). The van der Waals surface area contributed by atoms with Crippen molar-refractivity contribution in [1.82, 2.24) is 4.98 Å². The van der Waals surface area contributed by atoms with Crippen LogP contribution in [0.3, 0.4) is 0 Å². The van der Waals surface area contributed by atoms with Gasteiger partial charge in [0, 0.05) is 30.7 Å². The van der Waals surface area contributed by atoms with Crippen LogP contribution in [0.5, 0.6) is 0 Å². The number of aromatic nitrogens is 1. The number of rotatable bonds is 4. The van der Waals surface area contributed by atoms with E-state index in [4.69, 9.17) is 5.11 Å². The van der Waals surface area contributed by atoms with Crippen LogP contribution in [0.4, 0.5) is 11.5 Å². The minimum atomic E-state index is -0.391.